The molecule has 0 saturated heterocycles. The third kappa shape index (κ3) is 5.06. The molecule has 0 aromatic heterocycles. The van der Waals surface area contributed by atoms with Crippen molar-refractivity contribution in [3.8, 4) is 0 Å². The Labute approximate surface area is 75.6 Å². The van der Waals surface area contributed by atoms with Crippen LogP contribution in [-0.2, 0) is 19.5 Å². The molecule has 0 unspecified atom stereocenters. The van der Waals surface area contributed by atoms with Gasteiger partial charge in [0, 0.05) is 32.0 Å². The predicted molar refractivity (Wildman–Crippen MR) is 36.9 cm³/mol. The molecule has 0 radical (unpaired) electrons. The number of carboxylic acid groups (broad SMARTS) is 1. The molecule has 0 aromatic carbocycles. The zero-order valence-corrected chi connectivity index (χ0v) is 9.93. The van der Waals surface area contributed by atoms with Gasteiger partial charge >= 0.3 is 6.09 Å². The summed E-state index contributed by atoms with van der Waals surface area (Å²) in [4.78, 5) is 10.0. The van der Waals surface area contributed by atoms with Gasteiger partial charge in [0.1, 0.15) is 0 Å². The van der Waals surface area contributed by atoms with E-state index in [4.69, 9.17) is 5.11 Å². The Balaban J connectivity index is 0. The number of hydrogen-bond donors (Lipinski definition) is 1. The molecule has 0 heterocycles. The predicted octanol–water partition coefficient (Wildman–Crippen LogP) is 1.52. The van der Waals surface area contributed by atoms with Crippen molar-refractivity contribution in [2.24, 2.45) is 0 Å². The van der Waals surface area contributed by atoms with Crippen molar-refractivity contribution < 1.29 is 29.4 Å². The second kappa shape index (κ2) is 6.71. The van der Waals surface area contributed by atoms with E-state index in [1.54, 1.807) is 12.5 Å². The van der Waals surface area contributed by atoms with Gasteiger partial charge in [0.2, 0.25) is 0 Å². The fraction of sp³-hybridized carbons (Fsp3) is 0.667. The molecular formula is C3H7NO2S2Zn. The maximum absolute atomic E-state index is 10.0. The zero-order chi connectivity index (χ0) is 6.57. The van der Waals surface area contributed by atoms with Crippen LogP contribution in [0.25, 0.3) is 0 Å². The first-order chi connectivity index (χ1) is 3.72. The minimum Gasteiger partial charge on any atom is -0.464 e. The Morgan fingerprint density at radius 1 is 1.44 bits per heavy atom. The maximum Gasteiger partial charge on any atom is 0.427 e. The van der Waals surface area contributed by atoms with E-state index in [0.29, 0.717) is 0 Å². The van der Waals surface area contributed by atoms with Gasteiger partial charge in [0.05, 0.1) is 0 Å². The second-order valence-corrected chi connectivity index (χ2v) is 2.60. The standard InChI is InChI=1S/C3H7NO2S2.Zn/c1-7-4(8-2)3(5)6;/h1-2H3,(H,5,6);. The van der Waals surface area contributed by atoms with Crippen LogP contribution in [-0.4, -0.2) is 27.4 Å². The molecule has 6 heteroatoms. The molecule has 0 spiro atoms. The SMILES string of the molecule is CSN(SC)C(=O)O.[Zn]. The van der Waals surface area contributed by atoms with E-state index < -0.39 is 6.09 Å². The quantitative estimate of drug-likeness (QED) is 0.564. The van der Waals surface area contributed by atoms with Crippen molar-refractivity contribution in [3.63, 3.8) is 0 Å². The molecule has 0 rings (SSSR count). The smallest absolute Gasteiger partial charge is 0.427 e. The fourth-order valence-corrected chi connectivity index (χ4v) is 1.14. The topological polar surface area (TPSA) is 40.5 Å². The average molecular weight is 219 g/mol. The van der Waals surface area contributed by atoms with Crippen molar-refractivity contribution in [1.29, 1.82) is 0 Å². The van der Waals surface area contributed by atoms with E-state index in [0.717, 1.165) is 0 Å². The third-order valence-corrected chi connectivity index (χ3v) is 2.36. The van der Waals surface area contributed by atoms with Gasteiger partial charge in [0.25, 0.3) is 0 Å². The molecule has 50 valence electrons. The van der Waals surface area contributed by atoms with Crippen LogP contribution in [0, 0.1) is 0 Å². The Morgan fingerprint density at radius 3 is 1.78 bits per heavy atom. The van der Waals surface area contributed by atoms with Crippen molar-refractivity contribution in [2.45, 2.75) is 0 Å². The van der Waals surface area contributed by atoms with Crippen LogP contribution in [0.3, 0.4) is 0 Å². The number of hydrogen-bond acceptors (Lipinski definition) is 3. The normalized spacial score (nSPS) is 7.78. The van der Waals surface area contributed by atoms with Gasteiger partial charge in [-0.05, 0) is 23.9 Å². The van der Waals surface area contributed by atoms with Gasteiger partial charge in [-0.15, -0.1) is 0 Å². The van der Waals surface area contributed by atoms with Crippen molar-refractivity contribution >= 4 is 30.0 Å². The summed E-state index contributed by atoms with van der Waals surface area (Å²) in [6.07, 6.45) is 2.51. The van der Waals surface area contributed by atoms with Crippen LogP contribution >= 0.6 is 23.9 Å². The Kier molecular flexibility index (Phi) is 9.16. The van der Waals surface area contributed by atoms with Crippen LogP contribution < -0.4 is 0 Å². The van der Waals surface area contributed by atoms with Crippen LogP contribution in [0.2, 0.25) is 0 Å². The Bertz CT molecular complexity index is 87.9. The van der Waals surface area contributed by atoms with Crippen LogP contribution in [0.5, 0.6) is 0 Å². The molecule has 0 aliphatic heterocycles. The summed E-state index contributed by atoms with van der Waals surface area (Å²) < 4.78 is 1.17. The molecule has 1 N–H and O–H groups in total. The second-order valence-electron chi connectivity index (χ2n) is 0.905. The van der Waals surface area contributed by atoms with E-state index in [-0.39, 0.29) is 19.5 Å². The molecule has 0 aliphatic carbocycles. The average Bonchev–Trinajstić information content (AvgIpc) is 1.69. The summed E-state index contributed by atoms with van der Waals surface area (Å²) >= 11 is 2.35. The first kappa shape index (κ1) is 12.3. The molecule has 9 heavy (non-hydrogen) atoms. The zero-order valence-electron chi connectivity index (χ0n) is 5.33. The summed E-state index contributed by atoms with van der Waals surface area (Å²) in [5.41, 5.74) is 0. The van der Waals surface area contributed by atoms with Gasteiger partial charge in [-0.1, -0.05) is 0 Å². The van der Waals surface area contributed by atoms with Crippen LogP contribution in [0.4, 0.5) is 4.79 Å². The third-order valence-electron chi connectivity index (χ3n) is 0.488. The molecule has 1 amide bonds. The summed E-state index contributed by atoms with van der Waals surface area (Å²) in [5, 5.41) is 8.26. The summed E-state index contributed by atoms with van der Waals surface area (Å²) in [6.45, 7) is 0. The first-order valence-electron chi connectivity index (χ1n) is 1.83. The maximum atomic E-state index is 10.0. The van der Waals surface area contributed by atoms with Crippen LogP contribution in [0.1, 0.15) is 0 Å². The van der Waals surface area contributed by atoms with Gasteiger partial charge in [-0.3, -0.25) is 0 Å². The number of rotatable bonds is 2. The molecule has 0 aromatic rings. The van der Waals surface area contributed by atoms with E-state index >= 15 is 0 Å². The first-order valence-corrected chi connectivity index (χ1v) is 4.20. The molecule has 3 nitrogen and oxygen atoms in total. The minimum atomic E-state index is -0.912. The van der Waals surface area contributed by atoms with Crippen molar-refractivity contribution in [1.82, 2.24) is 3.71 Å². The number of nitrogens with zero attached hydrogens (tertiary/aromatic N) is 1. The number of carbonyl (C=O) groups is 1. The fourth-order valence-electron chi connectivity index (χ4n) is 0.231. The summed E-state index contributed by atoms with van der Waals surface area (Å²) in [6, 6.07) is 0. The van der Waals surface area contributed by atoms with Crippen LogP contribution in [0.15, 0.2) is 0 Å². The van der Waals surface area contributed by atoms with E-state index in [9.17, 15) is 4.79 Å². The van der Waals surface area contributed by atoms with Gasteiger partial charge < -0.3 is 5.11 Å². The van der Waals surface area contributed by atoms with Gasteiger partial charge in [0.15, 0.2) is 0 Å². The Hall–Kier alpha value is 0.593. The largest absolute Gasteiger partial charge is 0.464 e. The molecule has 0 bridgehead atoms. The van der Waals surface area contributed by atoms with E-state index in [2.05, 4.69) is 0 Å². The summed E-state index contributed by atoms with van der Waals surface area (Å²) in [7, 11) is 0. The monoisotopic (exact) mass is 217 g/mol. The van der Waals surface area contributed by atoms with Gasteiger partial charge in [-0.2, -0.15) is 3.71 Å². The van der Waals surface area contributed by atoms with E-state index in [1.165, 1.54) is 27.6 Å². The molecule has 0 fully saturated rings. The number of amides is 1. The minimum absolute atomic E-state index is 0. The van der Waals surface area contributed by atoms with E-state index in [1.807, 2.05) is 0 Å². The molecule has 0 aliphatic rings. The van der Waals surface area contributed by atoms with Crippen molar-refractivity contribution in [3.05, 3.63) is 0 Å². The molecule has 0 saturated carbocycles. The molecule has 0 atom stereocenters. The molecular weight excluding hydrogens is 212 g/mol. The Morgan fingerprint density at radius 2 is 1.78 bits per heavy atom. The summed E-state index contributed by atoms with van der Waals surface area (Å²) in [5.74, 6) is 0. The van der Waals surface area contributed by atoms with Crippen molar-refractivity contribution in [2.75, 3.05) is 12.5 Å². The van der Waals surface area contributed by atoms with Gasteiger partial charge in [-0.25, -0.2) is 4.79 Å².